The number of hydrogen-bond acceptors (Lipinski definition) is 2. The molecule has 0 aliphatic carbocycles. The molecular formula is C17H12Cl2N2O2. The molecule has 3 aromatic carbocycles. The Bertz CT molecular complexity index is 897. The van der Waals surface area contributed by atoms with E-state index in [2.05, 4.69) is 10.6 Å². The van der Waals surface area contributed by atoms with Gasteiger partial charge in [0.1, 0.15) is 5.75 Å². The van der Waals surface area contributed by atoms with Crippen molar-refractivity contribution < 1.29 is 9.90 Å². The third-order valence-electron chi connectivity index (χ3n) is 3.29. The number of phenols is 1. The summed E-state index contributed by atoms with van der Waals surface area (Å²) >= 11 is 11.9. The SMILES string of the molecule is O=C(Nc1cc(Cl)ccc1Cl)Nc1cccc2ccc(O)cc12. The molecule has 6 heteroatoms. The monoisotopic (exact) mass is 346 g/mol. The average molecular weight is 347 g/mol. The van der Waals surface area contributed by atoms with Crippen LogP contribution in [0.25, 0.3) is 10.8 Å². The van der Waals surface area contributed by atoms with E-state index in [9.17, 15) is 9.90 Å². The van der Waals surface area contributed by atoms with Crippen LogP contribution in [0.5, 0.6) is 5.75 Å². The topological polar surface area (TPSA) is 61.4 Å². The van der Waals surface area contributed by atoms with Gasteiger partial charge in [-0.05, 0) is 41.8 Å². The van der Waals surface area contributed by atoms with Gasteiger partial charge in [-0.15, -0.1) is 0 Å². The van der Waals surface area contributed by atoms with Crippen molar-refractivity contribution in [2.75, 3.05) is 10.6 Å². The van der Waals surface area contributed by atoms with Crippen LogP contribution in [0, 0.1) is 0 Å². The van der Waals surface area contributed by atoms with Crippen LogP contribution >= 0.6 is 23.2 Å². The third kappa shape index (κ3) is 3.50. The van der Waals surface area contributed by atoms with E-state index in [1.807, 2.05) is 12.1 Å². The van der Waals surface area contributed by atoms with Gasteiger partial charge >= 0.3 is 6.03 Å². The Morgan fingerprint density at radius 3 is 2.52 bits per heavy atom. The highest BCUT2D eigenvalue weighted by molar-refractivity contribution is 6.35. The summed E-state index contributed by atoms with van der Waals surface area (Å²) in [5.74, 6) is 0.130. The maximum absolute atomic E-state index is 12.2. The van der Waals surface area contributed by atoms with Gasteiger partial charge in [0.2, 0.25) is 0 Å². The van der Waals surface area contributed by atoms with Gasteiger partial charge in [0.25, 0.3) is 0 Å². The van der Waals surface area contributed by atoms with Crippen molar-refractivity contribution >= 4 is 51.4 Å². The van der Waals surface area contributed by atoms with Crippen molar-refractivity contribution in [1.82, 2.24) is 0 Å². The van der Waals surface area contributed by atoms with E-state index in [-0.39, 0.29) is 5.75 Å². The molecule has 3 aromatic rings. The lowest BCUT2D eigenvalue weighted by atomic mass is 10.1. The number of anilines is 2. The second kappa shape index (κ2) is 6.36. The molecule has 0 bridgehead atoms. The Morgan fingerprint density at radius 1 is 0.913 bits per heavy atom. The summed E-state index contributed by atoms with van der Waals surface area (Å²) in [5.41, 5.74) is 0.994. The van der Waals surface area contributed by atoms with Crippen LogP contribution in [0.3, 0.4) is 0 Å². The third-order valence-corrected chi connectivity index (χ3v) is 3.86. The molecule has 3 N–H and O–H groups in total. The number of rotatable bonds is 2. The first kappa shape index (κ1) is 15.5. The molecule has 2 amide bonds. The molecule has 0 heterocycles. The number of phenolic OH excluding ortho intramolecular Hbond substituents is 1. The lowest BCUT2D eigenvalue weighted by molar-refractivity contribution is 0.262. The first-order chi connectivity index (χ1) is 11.0. The summed E-state index contributed by atoms with van der Waals surface area (Å²) in [5, 5.41) is 17.5. The zero-order valence-electron chi connectivity index (χ0n) is 11.8. The van der Waals surface area contributed by atoms with Gasteiger partial charge in [0.15, 0.2) is 0 Å². The van der Waals surface area contributed by atoms with Crippen LogP contribution < -0.4 is 10.6 Å². The fourth-order valence-electron chi connectivity index (χ4n) is 2.24. The highest BCUT2D eigenvalue weighted by atomic mass is 35.5. The van der Waals surface area contributed by atoms with Gasteiger partial charge in [-0.3, -0.25) is 0 Å². The van der Waals surface area contributed by atoms with Crippen molar-refractivity contribution in [1.29, 1.82) is 0 Å². The molecule has 0 aliphatic rings. The van der Waals surface area contributed by atoms with E-state index in [1.165, 1.54) is 0 Å². The molecule has 0 aromatic heterocycles. The van der Waals surface area contributed by atoms with Crippen LogP contribution in [0.4, 0.5) is 16.2 Å². The quantitative estimate of drug-likeness (QED) is 0.573. The Morgan fingerprint density at radius 2 is 1.70 bits per heavy atom. The number of carbonyl (C=O) groups is 1. The minimum Gasteiger partial charge on any atom is -0.508 e. The van der Waals surface area contributed by atoms with Crippen molar-refractivity contribution in [2.24, 2.45) is 0 Å². The molecule has 0 atom stereocenters. The number of hydrogen-bond donors (Lipinski definition) is 3. The molecule has 116 valence electrons. The van der Waals surface area contributed by atoms with Gasteiger partial charge in [0.05, 0.1) is 16.4 Å². The van der Waals surface area contributed by atoms with Crippen molar-refractivity contribution in [3.63, 3.8) is 0 Å². The Kier molecular flexibility index (Phi) is 4.28. The number of benzene rings is 3. The van der Waals surface area contributed by atoms with Crippen molar-refractivity contribution in [3.05, 3.63) is 64.6 Å². The van der Waals surface area contributed by atoms with E-state index in [4.69, 9.17) is 23.2 Å². The predicted molar refractivity (Wildman–Crippen MR) is 94.7 cm³/mol. The number of amides is 2. The predicted octanol–water partition coefficient (Wildman–Crippen LogP) is 5.50. The minimum absolute atomic E-state index is 0.130. The number of nitrogens with one attached hydrogen (secondary N) is 2. The first-order valence-electron chi connectivity index (χ1n) is 6.78. The van der Waals surface area contributed by atoms with Gasteiger partial charge in [-0.2, -0.15) is 0 Å². The molecule has 0 aliphatic heterocycles. The number of halogens is 2. The summed E-state index contributed by atoms with van der Waals surface area (Å²) < 4.78 is 0. The summed E-state index contributed by atoms with van der Waals surface area (Å²) in [6, 6.07) is 14.8. The molecule has 0 spiro atoms. The van der Waals surface area contributed by atoms with Gasteiger partial charge in [-0.1, -0.05) is 41.4 Å². The smallest absolute Gasteiger partial charge is 0.323 e. The van der Waals surface area contributed by atoms with Gasteiger partial charge < -0.3 is 15.7 Å². The maximum Gasteiger partial charge on any atom is 0.323 e. The zero-order valence-corrected chi connectivity index (χ0v) is 13.3. The molecular weight excluding hydrogens is 335 g/mol. The second-order valence-electron chi connectivity index (χ2n) is 4.91. The number of carbonyl (C=O) groups excluding carboxylic acids is 1. The molecule has 0 unspecified atom stereocenters. The summed E-state index contributed by atoms with van der Waals surface area (Å²) in [7, 11) is 0. The fraction of sp³-hybridized carbons (Fsp3) is 0. The standard InChI is InChI=1S/C17H12Cl2N2O2/c18-11-5-7-14(19)16(8-11)21-17(23)20-15-3-1-2-10-4-6-12(22)9-13(10)15/h1-9,22H,(H2,20,21,23). The molecule has 4 nitrogen and oxygen atoms in total. The van der Waals surface area contributed by atoms with Crippen molar-refractivity contribution in [3.8, 4) is 5.75 Å². The fourth-order valence-corrected chi connectivity index (χ4v) is 2.58. The first-order valence-corrected chi connectivity index (χ1v) is 7.53. The highest BCUT2D eigenvalue weighted by Gasteiger charge is 2.09. The van der Waals surface area contributed by atoms with Crippen molar-refractivity contribution in [2.45, 2.75) is 0 Å². The lowest BCUT2D eigenvalue weighted by Gasteiger charge is -2.11. The van der Waals surface area contributed by atoms with Crippen LogP contribution in [0.2, 0.25) is 10.0 Å². The molecule has 3 rings (SSSR count). The normalized spacial score (nSPS) is 10.5. The Balaban J connectivity index is 1.86. The average Bonchev–Trinajstić information content (AvgIpc) is 2.51. The lowest BCUT2D eigenvalue weighted by Crippen LogP contribution is -2.19. The van der Waals surface area contributed by atoms with Crippen LogP contribution in [-0.4, -0.2) is 11.1 Å². The number of aromatic hydroxyl groups is 1. The summed E-state index contributed by atoms with van der Waals surface area (Å²) in [4.78, 5) is 12.2. The van der Waals surface area contributed by atoms with E-state index < -0.39 is 6.03 Å². The zero-order chi connectivity index (χ0) is 16.4. The van der Waals surface area contributed by atoms with Crippen LogP contribution in [0.1, 0.15) is 0 Å². The molecule has 23 heavy (non-hydrogen) atoms. The van der Waals surface area contributed by atoms with E-state index in [1.54, 1.807) is 42.5 Å². The Hall–Kier alpha value is -2.43. The number of fused-ring (bicyclic) bond motifs is 1. The van der Waals surface area contributed by atoms with E-state index >= 15 is 0 Å². The Labute approximate surface area is 142 Å². The van der Waals surface area contributed by atoms with E-state index in [0.29, 0.717) is 21.4 Å². The largest absolute Gasteiger partial charge is 0.508 e. The molecule has 0 saturated heterocycles. The highest BCUT2D eigenvalue weighted by Crippen LogP contribution is 2.28. The molecule has 0 fully saturated rings. The van der Waals surface area contributed by atoms with Gasteiger partial charge in [-0.25, -0.2) is 4.79 Å². The summed E-state index contributed by atoms with van der Waals surface area (Å²) in [6.45, 7) is 0. The van der Waals surface area contributed by atoms with Crippen LogP contribution in [0.15, 0.2) is 54.6 Å². The maximum atomic E-state index is 12.2. The van der Waals surface area contributed by atoms with Crippen LogP contribution in [-0.2, 0) is 0 Å². The molecule has 0 saturated carbocycles. The van der Waals surface area contributed by atoms with Gasteiger partial charge in [0, 0.05) is 10.4 Å². The molecule has 0 radical (unpaired) electrons. The minimum atomic E-state index is -0.454. The second-order valence-corrected chi connectivity index (χ2v) is 5.76. The summed E-state index contributed by atoms with van der Waals surface area (Å²) in [6.07, 6.45) is 0. The number of urea groups is 1. The van der Waals surface area contributed by atoms with E-state index in [0.717, 1.165) is 10.8 Å².